The van der Waals surface area contributed by atoms with E-state index in [2.05, 4.69) is 33.0 Å². The van der Waals surface area contributed by atoms with Crippen LogP contribution in [0.3, 0.4) is 0 Å². The molecule has 6 nitrogen and oxygen atoms in total. The van der Waals surface area contributed by atoms with Crippen LogP contribution >= 0.6 is 0 Å². The Morgan fingerprint density at radius 2 is 1.85 bits per heavy atom. The van der Waals surface area contributed by atoms with Gasteiger partial charge in [-0.05, 0) is 19.5 Å². The van der Waals surface area contributed by atoms with E-state index in [-0.39, 0.29) is 11.9 Å². The van der Waals surface area contributed by atoms with Crippen molar-refractivity contribution >= 4 is 5.91 Å². The number of carbonyl (C=O) groups excluding carboxylic acids is 1. The smallest absolute Gasteiger partial charge is 0.237 e. The van der Waals surface area contributed by atoms with Gasteiger partial charge in [0.25, 0.3) is 0 Å². The first-order valence-electron chi connectivity index (χ1n) is 9.84. The van der Waals surface area contributed by atoms with Gasteiger partial charge >= 0.3 is 0 Å². The molecule has 2 aliphatic rings. The SMILES string of the molecule is CCN1CCN(CCOc2ccccc2CN2CCNC(=O)[C@H]2C)CC1. The van der Waals surface area contributed by atoms with Gasteiger partial charge in [-0.1, -0.05) is 25.1 Å². The molecule has 1 aromatic carbocycles. The summed E-state index contributed by atoms with van der Waals surface area (Å²) in [7, 11) is 0. The van der Waals surface area contributed by atoms with Crippen LogP contribution in [0.4, 0.5) is 0 Å². The highest BCUT2D eigenvalue weighted by Crippen LogP contribution is 2.21. The number of likely N-dealkylation sites (N-methyl/N-ethyl adjacent to an activating group) is 1. The van der Waals surface area contributed by atoms with Crippen LogP contribution in [0.5, 0.6) is 5.75 Å². The fourth-order valence-corrected chi connectivity index (χ4v) is 3.65. The summed E-state index contributed by atoms with van der Waals surface area (Å²) in [6.45, 7) is 13.9. The van der Waals surface area contributed by atoms with Crippen molar-refractivity contribution in [1.29, 1.82) is 0 Å². The molecule has 3 rings (SSSR count). The van der Waals surface area contributed by atoms with Gasteiger partial charge in [0.15, 0.2) is 0 Å². The van der Waals surface area contributed by atoms with Gasteiger partial charge in [0.2, 0.25) is 5.91 Å². The quantitative estimate of drug-likeness (QED) is 0.787. The van der Waals surface area contributed by atoms with Crippen LogP contribution in [0.1, 0.15) is 19.4 Å². The van der Waals surface area contributed by atoms with Crippen LogP contribution in [0.25, 0.3) is 0 Å². The van der Waals surface area contributed by atoms with Crippen molar-refractivity contribution in [2.24, 2.45) is 0 Å². The molecular formula is C20H32N4O2. The number of piperazine rings is 2. The van der Waals surface area contributed by atoms with E-state index in [1.54, 1.807) is 0 Å². The van der Waals surface area contributed by atoms with E-state index in [0.717, 1.165) is 70.2 Å². The highest BCUT2D eigenvalue weighted by Gasteiger charge is 2.26. The zero-order valence-electron chi connectivity index (χ0n) is 16.1. The fourth-order valence-electron chi connectivity index (χ4n) is 3.65. The third-order valence-corrected chi connectivity index (χ3v) is 5.55. The molecule has 26 heavy (non-hydrogen) atoms. The average Bonchev–Trinajstić information content (AvgIpc) is 2.67. The lowest BCUT2D eigenvalue weighted by molar-refractivity contribution is -0.128. The lowest BCUT2D eigenvalue weighted by Gasteiger charge is -2.34. The van der Waals surface area contributed by atoms with E-state index < -0.39 is 0 Å². The second kappa shape index (κ2) is 9.35. The maximum atomic E-state index is 11.9. The molecule has 144 valence electrons. The van der Waals surface area contributed by atoms with Gasteiger partial charge in [0.1, 0.15) is 12.4 Å². The van der Waals surface area contributed by atoms with Crippen LogP contribution in [0.2, 0.25) is 0 Å². The van der Waals surface area contributed by atoms with E-state index in [1.807, 2.05) is 25.1 Å². The summed E-state index contributed by atoms with van der Waals surface area (Å²) in [5.74, 6) is 1.05. The zero-order chi connectivity index (χ0) is 18.4. The summed E-state index contributed by atoms with van der Waals surface area (Å²) < 4.78 is 6.11. The number of benzene rings is 1. The molecule has 2 fully saturated rings. The van der Waals surface area contributed by atoms with Crippen molar-refractivity contribution in [3.8, 4) is 5.75 Å². The number of rotatable bonds is 7. The number of hydrogen-bond donors (Lipinski definition) is 1. The highest BCUT2D eigenvalue weighted by atomic mass is 16.5. The molecular weight excluding hydrogens is 328 g/mol. The molecule has 0 unspecified atom stereocenters. The summed E-state index contributed by atoms with van der Waals surface area (Å²) in [5.41, 5.74) is 1.16. The molecule has 2 saturated heterocycles. The van der Waals surface area contributed by atoms with Crippen molar-refractivity contribution in [2.45, 2.75) is 26.4 Å². The minimum atomic E-state index is -0.0910. The van der Waals surface area contributed by atoms with Gasteiger partial charge in [-0.15, -0.1) is 0 Å². The Labute approximate surface area is 157 Å². The molecule has 2 aliphatic heterocycles. The first-order valence-corrected chi connectivity index (χ1v) is 9.84. The van der Waals surface area contributed by atoms with E-state index in [0.29, 0.717) is 6.61 Å². The predicted octanol–water partition coefficient (Wildman–Crippen LogP) is 1.02. The minimum absolute atomic E-state index is 0.0910. The maximum Gasteiger partial charge on any atom is 0.237 e. The van der Waals surface area contributed by atoms with E-state index in [1.165, 1.54) is 0 Å². The van der Waals surface area contributed by atoms with Gasteiger partial charge in [-0.2, -0.15) is 0 Å². The van der Waals surface area contributed by atoms with Crippen molar-refractivity contribution in [3.05, 3.63) is 29.8 Å². The van der Waals surface area contributed by atoms with Crippen molar-refractivity contribution in [3.63, 3.8) is 0 Å². The first-order chi connectivity index (χ1) is 12.7. The standard InChI is InChI=1S/C20H32N4O2/c1-3-22-10-12-23(13-11-22)14-15-26-19-7-5-4-6-18(19)16-24-9-8-21-20(25)17(24)2/h4-7,17H,3,8-16H2,1-2H3,(H,21,25)/t17-/m1/s1. The third kappa shape index (κ3) is 4.96. The molecule has 2 heterocycles. The second-order valence-electron chi connectivity index (χ2n) is 7.17. The van der Waals surface area contributed by atoms with Gasteiger partial charge in [-0.3, -0.25) is 14.6 Å². The molecule has 1 N–H and O–H groups in total. The largest absolute Gasteiger partial charge is 0.492 e. The zero-order valence-corrected chi connectivity index (χ0v) is 16.1. The van der Waals surface area contributed by atoms with Crippen LogP contribution < -0.4 is 10.1 Å². The number of carbonyl (C=O) groups is 1. The van der Waals surface area contributed by atoms with E-state index in [4.69, 9.17) is 4.74 Å². The molecule has 0 radical (unpaired) electrons. The number of hydrogen-bond acceptors (Lipinski definition) is 5. The van der Waals surface area contributed by atoms with Gasteiger partial charge in [-0.25, -0.2) is 0 Å². The molecule has 0 spiro atoms. The first kappa shape index (κ1) is 19.1. The molecule has 1 aromatic rings. The Morgan fingerprint density at radius 3 is 2.62 bits per heavy atom. The van der Waals surface area contributed by atoms with Gasteiger partial charge in [0, 0.05) is 57.9 Å². The molecule has 0 saturated carbocycles. The topological polar surface area (TPSA) is 48.1 Å². The van der Waals surface area contributed by atoms with Gasteiger partial charge < -0.3 is 15.0 Å². The maximum absolute atomic E-state index is 11.9. The summed E-state index contributed by atoms with van der Waals surface area (Å²) in [6.07, 6.45) is 0. The number of amides is 1. The Hall–Kier alpha value is -1.63. The highest BCUT2D eigenvalue weighted by molar-refractivity contribution is 5.82. The summed E-state index contributed by atoms with van der Waals surface area (Å²) in [5, 5.41) is 2.92. The van der Waals surface area contributed by atoms with E-state index in [9.17, 15) is 4.79 Å². The molecule has 0 aromatic heterocycles. The summed E-state index contributed by atoms with van der Waals surface area (Å²) in [4.78, 5) is 19.1. The number of nitrogens with one attached hydrogen (secondary N) is 1. The minimum Gasteiger partial charge on any atom is -0.492 e. The monoisotopic (exact) mass is 360 g/mol. The van der Waals surface area contributed by atoms with Crippen LogP contribution in [0.15, 0.2) is 24.3 Å². The van der Waals surface area contributed by atoms with Crippen molar-refractivity contribution < 1.29 is 9.53 Å². The Balaban J connectivity index is 1.50. The van der Waals surface area contributed by atoms with Crippen LogP contribution in [-0.2, 0) is 11.3 Å². The summed E-state index contributed by atoms with van der Waals surface area (Å²) >= 11 is 0. The predicted molar refractivity (Wildman–Crippen MR) is 103 cm³/mol. The molecule has 0 aliphatic carbocycles. The normalized spacial score (nSPS) is 23.0. The molecule has 6 heteroatoms. The van der Waals surface area contributed by atoms with Crippen LogP contribution in [0, 0.1) is 0 Å². The number of ether oxygens (including phenoxy) is 1. The Morgan fingerprint density at radius 1 is 1.12 bits per heavy atom. The lowest BCUT2D eigenvalue weighted by Crippen LogP contribution is -2.53. The van der Waals surface area contributed by atoms with Gasteiger partial charge in [0.05, 0.1) is 6.04 Å². The Bertz CT molecular complexity index is 587. The lowest BCUT2D eigenvalue weighted by atomic mass is 10.1. The third-order valence-electron chi connectivity index (χ3n) is 5.55. The average molecular weight is 361 g/mol. The number of para-hydroxylation sites is 1. The second-order valence-corrected chi connectivity index (χ2v) is 7.17. The van der Waals surface area contributed by atoms with Crippen molar-refractivity contribution in [2.75, 3.05) is 59.0 Å². The van der Waals surface area contributed by atoms with Crippen molar-refractivity contribution in [1.82, 2.24) is 20.0 Å². The fraction of sp³-hybridized carbons (Fsp3) is 0.650. The molecule has 1 atom stereocenters. The number of nitrogens with zero attached hydrogens (tertiary/aromatic N) is 3. The van der Waals surface area contributed by atoms with Crippen LogP contribution in [-0.4, -0.2) is 85.6 Å². The Kier molecular flexibility index (Phi) is 6.88. The molecule has 0 bridgehead atoms. The molecule has 1 amide bonds. The summed E-state index contributed by atoms with van der Waals surface area (Å²) in [6, 6.07) is 8.12. The van der Waals surface area contributed by atoms with E-state index >= 15 is 0 Å².